The van der Waals surface area contributed by atoms with Gasteiger partial charge in [-0.05, 0) is 33.2 Å². The number of hydrogen-bond donors (Lipinski definition) is 2. The fourth-order valence-electron chi connectivity index (χ4n) is 1.94. The van der Waals surface area contributed by atoms with E-state index in [0.717, 1.165) is 45.3 Å². The molecule has 0 aromatic rings. The molecule has 0 aromatic carbocycles. The Labute approximate surface area is 98.8 Å². The van der Waals surface area contributed by atoms with Gasteiger partial charge in [0.25, 0.3) is 0 Å². The first-order valence-corrected chi connectivity index (χ1v) is 6.33. The molecule has 4 heteroatoms. The number of hydrogen-bond acceptors (Lipinski definition) is 2. The summed E-state index contributed by atoms with van der Waals surface area (Å²) in [6, 6.07) is 0.103. The minimum Gasteiger partial charge on any atom is -0.338 e. The molecule has 1 aliphatic heterocycles. The zero-order valence-electron chi connectivity index (χ0n) is 10.8. The Balaban J connectivity index is 2.27. The average Bonchev–Trinajstić information content (AvgIpc) is 2.30. The van der Waals surface area contributed by atoms with Gasteiger partial charge in [-0.2, -0.15) is 0 Å². The van der Waals surface area contributed by atoms with Gasteiger partial charge in [0, 0.05) is 25.2 Å². The molecule has 1 heterocycles. The van der Waals surface area contributed by atoms with Crippen LogP contribution in [0.3, 0.4) is 0 Å². The third-order valence-corrected chi connectivity index (χ3v) is 3.56. The van der Waals surface area contributed by atoms with Gasteiger partial charge in [-0.1, -0.05) is 13.3 Å². The molecule has 0 aromatic heterocycles. The zero-order chi connectivity index (χ0) is 12.0. The third-order valence-electron chi connectivity index (χ3n) is 3.56. The Morgan fingerprint density at radius 3 is 2.50 bits per heavy atom. The van der Waals surface area contributed by atoms with Crippen molar-refractivity contribution in [3.8, 4) is 0 Å². The largest absolute Gasteiger partial charge is 0.338 e. The van der Waals surface area contributed by atoms with E-state index in [0.29, 0.717) is 0 Å². The number of nitrogens with zero attached hydrogens (tertiary/aromatic N) is 1. The van der Waals surface area contributed by atoms with Gasteiger partial charge in [0.15, 0.2) is 0 Å². The Kier molecular flexibility index (Phi) is 5.06. The molecule has 0 unspecified atom stereocenters. The van der Waals surface area contributed by atoms with E-state index in [1.54, 1.807) is 0 Å². The highest BCUT2D eigenvalue weighted by Gasteiger charge is 2.29. The second kappa shape index (κ2) is 6.09. The summed E-state index contributed by atoms with van der Waals surface area (Å²) in [5.41, 5.74) is 0.209. The predicted molar refractivity (Wildman–Crippen MR) is 66.6 cm³/mol. The first-order valence-electron chi connectivity index (χ1n) is 6.33. The van der Waals surface area contributed by atoms with Crippen LogP contribution in [0.2, 0.25) is 0 Å². The Hall–Kier alpha value is -0.770. The number of piperidine rings is 1. The molecule has 2 amide bonds. The maximum absolute atomic E-state index is 11.8. The molecule has 0 radical (unpaired) electrons. The van der Waals surface area contributed by atoms with Gasteiger partial charge in [-0.15, -0.1) is 0 Å². The summed E-state index contributed by atoms with van der Waals surface area (Å²) < 4.78 is 0. The number of nitrogens with one attached hydrogen (secondary N) is 2. The molecule has 1 saturated heterocycles. The van der Waals surface area contributed by atoms with E-state index in [4.69, 9.17) is 0 Å². The third kappa shape index (κ3) is 3.67. The number of carbonyl (C=O) groups excluding carboxylic acids is 1. The van der Waals surface area contributed by atoms with E-state index >= 15 is 0 Å². The Morgan fingerprint density at radius 2 is 2.00 bits per heavy atom. The molecule has 4 nitrogen and oxygen atoms in total. The molecular weight excluding hydrogens is 202 g/mol. The molecule has 0 aliphatic carbocycles. The molecule has 16 heavy (non-hydrogen) atoms. The average molecular weight is 227 g/mol. The van der Waals surface area contributed by atoms with Crippen molar-refractivity contribution < 1.29 is 4.79 Å². The Morgan fingerprint density at radius 1 is 1.38 bits per heavy atom. The number of rotatable bonds is 4. The summed E-state index contributed by atoms with van der Waals surface area (Å²) in [4.78, 5) is 13.7. The maximum atomic E-state index is 11.8. The van der Waals surface area contributed by atoms with Crippen LogP contribution in [0, 0.1) is 0 Å². The second-order valence-electron chi connectivity index (χ2n) is 4.88. The molecular formula is C12H25N3O. The van der Waals surface area contributed by atoms with Crippen LogP contribution in [0.25, 0.3) is 0 Å². The van der Waals surface area contributed by atoms with Crippen LogP contribution < -0.4 is 10.6 Å². The van der Waals surface area contributed by atoms with Crippen molar-refractivity contribution in [2.45, 2.75) is 45.1 Å². The van der Waals surface area contributed by atoms with Gasteiger partial charge in [-0.25, -0.2) is 4.79 Å². The zero-order valence-corrected chi connectivity index (χ0v) is 10.8. The van der Waals surface area contributed by atoms with Crippen molar-refractivity contribution in [2.24, 2.45) is 0 Å². The maximum Gasteiger partial charge on any atom is 0.317 e. The summed E-state index contributed by atoms with van der Waals surface area (Å²) >= 11 is 0. The van der Waals surface area contributed by atoms with Crippen molar-refractivity contribution in [2.75, 3.05) is 26.7 Å². The van der Waals surface area contributed by atoms with E-state index in [9.17, 15) is 4.79 Å². The van der Waals surface area contributed by atoms with Crippen LogP contribution in [0.1, 0.15) is 39.5 Å². The minimum atomic E-state index is 0.103. The standard InChI is InChI=1S/C12H25N3O/c1-4-5-8-14-11(16)15-9-6-12(2,13-3)7-10-15/h13H,4-10H2,1-3H3,(H,14,16). The van der Waals surface area contributed by atoms with Crippen LogP contribution in [-0.4, -0.2) is 43.2 Å². The van der Waals surface area contributed by atoms with E-state index in [1.165, 1.54) is 0 Å². The van der Waals surface area contributed by atoms with Crippen molar-refractivity contribution >= 4 is 6.03 Å². The van der Waals surface area contributed by atoms with Gasteiger partial charge in [-0.3, -0.25) is 0 Å². The Bertz CT molecular complexity index is 222. The van der Waals surface area contributed by atoms with Crippen molar-refractivity contribution in [1.29, 1.82) is 0 Å². The molecule has 0 saturated carbocycles. The summed E-state index contributed by atoms with van der Waals surface area (Å²) in [5, 5.41) is 6.30. The number of urea groups is 1. The number of unbranched alkanes of at least 4 members (excludes halogenated alkanes) is 1. The number of amides is 2. The molecule has 0 atom stereocenters. The fourth-order valence-corrected chi connectivity index (χ4v) is 1.94. The first-order chi connectivity index (χ1) is 7.61. The van der Waals surface area contributed by atoms with Gasteiger partial charge in [0.1, 0.15) is 0 Å². The smallest absolute Gasteiger partial charge is 0.317 e. The van der Waals surface area contributed by atoms with Gasteiger partial charge in [0.05, 0.1) is 0 Å². The summed E-state index contributed by atoms with van der Waals surface area (Å²) in [6.45, 7) is 6.87. The summed E-state index contributed by atoms with van der Waals surface area (Å²) in [5.74, 6) is 0. The van der Waals surface area contributed by atoms with E-state index < -0.39 is 0 Å². The second-order valence-corrected chi connectivity index (χ2v) is 4.88. The molecule has 94 valence electrons. The summed E-state index contributed by atoms with van der Waals surface area (Å²) in [7, 11) is 2.00. The fraction of sp³-hybridized carbons (Fsp3) is 0.917. The van der Waals surface area contributed by atoms with Crippen molar-refractivity contribution in [3.05, 3.63) is 0 Å². The number of carbonyl (C=O) groups is 1. The topological polar surface area (TPSA) is 44.4 Å². The lowest BCUT2D eigenvalue weighted by Gasteiger charge is -2.39. The lowest BCUT2D eigenvalue weighted by molar-refractivity contribution is 0.153. The predicted octanol–water partition coefficient (Wildman–Crippen LogP) is 1.57. The summed E-state index contributed by atoms with van der Waals surface area (Å²) in [6.07, 6.45) is 4.25. The highest BCUT2D eigenvalue weighted by Crippen LogP contribution is 2.20. The molecule has 1 fully saturated rings. The highest BCUT2D eigenvalue weighted by molar-refractivity contribution is 5.74. The van der Waals surface area contributed by atoms with E-state index in [-0.39, 0.29) is 11.6 Å². The van der Waals surface area contributed by atoms with Crippen molar-refractivity contribution in [3.63, 3.8) is 0 Å². The molecule has 0 bridgehead atoms. The van der Waals surface area contributed by atoms with Crippen LogP contribution in [-0.2, 0) is 0 Å². The highest BCUT2D eigenvalue weighted by atomic mass is 16.2. The number of likely N-dealkylation sites (tertiary alicyclic amines) is 1. The normalized spacial score (nSPS) is 19.6. The monoisotopic (exact) mass is 227 g/mol. The lowest BCUT2D eigenvalue weighted by atomic mass is 9.90. The first kappa shape index (κ1) is 13.3. The lowest BCUT2D eigenvalue weighted by Crippen LogP contribution is -2.53. The van der Waals surface area contributed by atoms with Gasteiger partial charge in [0.2, 0.25) is 0 Å². The molecule has 1 aliphatic rings. The van der Waals surface area contributed by atoms with Crippen LogP contribution in [0.15, 0.2) is 0 Å². The molecule has 2 N–H and O–H groups in total. The van der Waals surface area contributed by atoms with Gasteiger partial charge < -0.3 is 15.5 Å². The quantitative estimate of drug-likeness (QED) is 0.716. The van der Waals surface area contributed by atoms with E-state index in [1.807, 2.05) is 11.9 Å². The molecule has 0 spiro atoms. The molecule has 1 rings (SSSR count). The SMILES string of the molecule is CCCCNC(=O)N1CCC(C)(NC)CC1. The minimum absolute atomic E-state index is 0.103. The van der Waals surface area contributed by atoms with Gasteiger partial charge >= 0.3 is 6.03 Å². The van der Waals surface area contributed by atoms with Crippen LogP contribution in [0.5, 0.6) is 0 Å². The van der Waals surface area contributed by atoms with Crippen molar-refractivity contribution in [1.82, 2.24) is 15.5 Å². The van der Waals surface area contributed by atoms with E-state index in [2.05, 4.69) is 24.5 Å². The van der Waals surface area contributed by atoms with Crippen LogP contribution in [0.4, 0.5) is 4.79 Å². The van der Waals surface area contributed by atoms with Crippen LogP contribution >= 0.6 is 0 Å².